The maximum atomic E-state index is 11.6. The van der Waals surface area contributed by atoms with E-state index in [1.54, 1.807) is 6.08 Å². The van der Waals surface area contributed by atoms with Gasteiger partial charge in [0.2, 0.25) is 0 Å². The monoisotopic (exact) mass is 442 g/mol. The Morgan fingerprint density at radius 2 is 1.23 bits per heavy atom. The molecule has 0 N–H and O–H groups in total. The molecule has 5 nitrogen and oxygen atoms in total. The fraction of sp³-hybridized carbons (Fsp3) is 0.885. The maximum Gasteiger partial charge on any atom is 0.330 e. The molecule has 0 spiro atoms. The number of carbonyl (C=O) groups is 1. The summed E-state index contributed by atoms with van der Waals surface area (Å²) in [6.45, 7) is 12.6. The van der Waals surface area contributed by atoms with Gasteiger partial charge in [-0.25, -0.2) is 4.79 Å². The van der Waals surface area contributed by atoms with E-state index in [9.17, 15) is 4.79 Å². The summed E-state index contributed by atoms with van der Waals surface area (Å²) in [7, 11) is 0. The fourth-order valence-corrected chi connectivity index (χ4v) is 3.57. The Bertz CT molecular complexity index is 414. The second-order valence-corrected chi connectivity index (χ2v) is 8.21. The molecule has 0 saturated carbocycles. The zero-order chi connectivity index (χ0) is 23.2. The SMILES string of the molecule is CC=CC(=O)OCCCC(CCCCCCCC)C(OCCC)(OCCC)OCCC. The third-order valence-corrected chi connectivity index (χ3v) is 5.17. The second kappa shape index (κ2) is 21.0. The summed E-state index contributed by atoms with van der Waals surface area (Å²) in [6, 6.07) is 0. The number of unbranched alkanes of at least 4 members (excludes halogenated alkanes) is 5. The number of allylic oxidation sites excluding steroid dienone is 1. The molecule has 1 unspecified atom stereocenters. The van der Waals surface area contributed by atoms with Crippen LogP contribution in [0.5, 0.6) is 0 Å². The van der Waals surface area contributed by atoms with E-state index >= 15 is 0 Å². The Morgan fingerprint density at radius 1 is 0.710 bits per heavy atom. The van der Waals surface area contributed by atoms with Gasteiger partial charge in [0.15, 0.2) is 0 Å². The van der Waals surface area contributed by atoms with Crippen LogP contribution in [0, 0.1) is 5.92 Å². The van der Waals surface area contributed by atoms with Gasteiger partial charge in [-0.1, -0.05) is 72.3 Å². The summed E-state index contributed by atoms with van der Waals surface area (Å²) >= 11 is 0. The lowest BCUT2D eigenvalue weighted by Gasteiger charge is -2.40. The largest absolute Gasteiger partial charge is 0.463 e. The maximum absolute atomic E-state index is 11.6. The highest BCUT2D eigenvalue weighted by atomic mass is 16.9. The van der Waals surface area contributed by atoms with E-state index in [4.69, 9.17) is 18.9 Å². The fourth-order valence-electron chi connectivity index (χ4n) is 3.57. The van der Waals surface area contributed by atoms with Crippen molar-refractivity contribution in [3.8, 4) is 0 Å². The number of carbonyl (C=O) groups excluding carboxylic acids is 1. The van der Waals surface area contributed by atoms with Crippen molar-refractivity contribution in [2.24, 2.45) is 5.92 Å². The lowest BCUT2D eigenvalue weighted by molar-refractivity contribution is -0.406. The van der Waals surface area contributed by atoms with Crippen molar-refractivity contribution >= 4 is 5.97 Å². The molecule has 0 saturated heterocycles. The van der Waals surface area contributed by atoms with E-state index in [0.29, 0.717) is 26.4 Å². The Hall–Kier alpha value is -0.910. The number of hydrogen-bond acceptors (Lipinski definition) is 5. The molecule has 0 fully saturated rings. The number of esters is 1. The highest BCUT2D eigenvalue weighted by Gasteiger charge is 2.42. The zero-order valence-electron chi connectivity index (χ0n) is 21.1. The van der Waals surface area contributed by atoms with E-state index in [0.717, 1.165) is 44.9 Å². The van der Waals surface area contributed by atoms with Gasteiger partial charge in [0.05, 0.1) is 26.4 Å². The van der Waals surface area contributed by atoms with E-state index in [1.807, 2.05) is 6.92 Å². The van der Waals surface area contributed by atoms with E-state index in [-0.39, 0.29) is 11.9 Å². The molecule has 184 valence electrons. The highest BCUT2D eigenvalue weighted by Crippen LogP contribution is 2.34. The number of hydrogen-bond donors (Lipinski definition) is 0. The molecule has 0 aliphatic rings. The average Bonchev–Trinajstić information content (AvgIpc) is 2.77. The van der Waals surface area contributed by atoms with Crippen LogP contribution in [0.4, 0.5) is 0 Å². The molecular formula is C26H50O5. The van der Waals surface area contributed by atoms with Crippen molar-refractivity contribution in [3.05, 3.63) is 12.2 Å². The summed E-state index contributed by atoms with van der Waals surface area (Å²) in [5.41, 5.74) is 0. The number of rotatable bonds is 22. The van der Waals surface area contributed by atoms with Gasteiger partial charge < -0.3 is 18.9 Å². The van der Waals surface area contributed by atoms with Crippen LogP contribution < -0.4 is 0 Å². The van der Waals surface area contributed by atoms with Crippen molar-refractivity contribution in [2.45, 2.75) is 118 Å². The predicted octanol–water partition coefficient (Wildman–Crippen LogP) is 7.19. The summed E-state index contributed by atoms with van der Waals surface area (Å²) in [4.78, 5) is 11.6. The lowest BCUT2D eigenvalue weighted by Crippen LogP contribution is -2.47. The molecule has 0 bridgehead atoms. The van der Waals surface area contributed by atoms with Crippen molar-refractivity contribution in [3.63, 3.8) is 0 Å². The minimum absolute atomic E-state index is 0.115. The van der Waals surface area contributed by atoms with Gasteiger partial charge in [0, 0.05) is 12.0 Å². The Balaban J connectivity index is 5.18. The normalized spacial score (nSPS) is 13.1. The van der Waals surface area contributed by atoms with Gasteiger partial charge in [-0.15, -0.1) is 0 Å². The smallest absolute Gasteiger partial charge is 0.330 e. The Labute approximate surface area is 192 Å². The van der Waals surface area contributed by atoms with E-state index < -0.39 is 5.97 Å². The van der Waals surface area contributed by atoms with E-state index in [2.05, 4.69) is 27.7 Å². The molecule has 0 aromatic rings. The standard InChI is InChI=1S/C26H50O5/c1-6-11-12-13-14-15-18-24(19-16-23-28-25(27)17-7-2)26(29-20-8-3,30-21-9-4)31-22-10-5/h7,17,24H,6,8-16,18-23H2,1-5H3. The molecule has 0 amide bonds. The molecule has 31 heavy (non-hydrogen) atoms. The van der Waals surface area contributed by atoms with Crippen molar-refractivity contribution in [1.29, 1.82) is 0 Å². The second-order valence-electron chi connectivity index (χ2n) is 8.21. The van der Waals surface area contributed by atoms with Crippen LogP contribution in [0.15, 0.2) is 12.2 Å². The molecule has 0 aromatic heterocycles. The van der Waals surface area contributed by atoms with Crippen molar-refractivity contribution in [1.82, 2.24) is 0 Å². The third kappa shape index (κ3) is 14.7. The minimum Gasteiger partial charge on any atom is -0.463 e. The van der Waals surface area contributed by atoms with Gasteiger partial charge in [-0.2, -0.15) is 0 Å². The van der Waals surface area contributed by atoms with Gasteiger partial charge in [0.25, 0.3) is 5.97 Å². The lowest BCUT2D eigenvalue weighted by atomic mass is 9.93. The zero-order valence-corrected chi connectivity index (χ0v) is 21.1. The molecule has 0 aromatic carbocycles. The summed E-state index contributed by atoms with van der Waals surface area (Å²) in [6.07, 6.45) is 16.0. The first-order chi connectivity index (χ1) is 15.1. The van der Waals surface area contributed by atoms with Crippen LogP contribution in [0.2, 0.25) is 0 Å². The van der Waals surface area contributed by atoms with Crippen LogP contribution in [0.25, 0.3) is 0 Å². The van der Waals surface area contributed by atoms with Crippen LogP contribution in [0.1, 0.15) is 112 Å². The van der Waals surface area contributed by atoms with Crippen molar-refractivity contribution in [2.75, 3.05) is 26.4 Å². The molecule has 0 aliphatic heterocycles. The molecule has 0 rings (SSSR count). The van der Waals surface area contributed by atoms with Gasteiger partial charge in [0.1, 0.15) is 0 Å². The van der Waals surface area contributed by atoms with Crippen LogP contribution in [-0.4, -0.2) is 38.4 Å². The quantitative estimate of drug-likeness (QED) is 0.0768. The molecule has 0 aliphatic carbocycles. The van der Waals surface area contributed by atoms with Crippen molar-refractivity contribution < 1.29 is 23.7 Å². The minimum atomic E-state index is -1.00. The van der Waals surface area contributed by atoms with E-state index in [1.165, 1.54) is 38.2 Å². The summed E-state index contributed by atoms with van der Waals surface area (Å²) < 4.78 is 24.2. The predicted molar refractivity (Wildman–Crippen MR) is 128 cm³/mol. The third-order valence-electron chi connectivity index (χ3n) is 5.17. The van der Waals surface area contributed by atoms with Gasteiger partial charge >= 0.3 is 5.97 Å². The van der Waals surface area contributed by atoms with Crippen LogP contribution in [-0.2, 0) is 23.7 Å². The molecule has 0 radical (unpaired) electrons. The molecule has 5 heteroatoms. The molecule has 0 heterocycles. The first kappa shape index (κ1) is 30.1. The Kier molecular flexibility index (Phi) is 20.3. The topological polar surface area (TPSA) is 54.0 Å². The van der Waals surface area contributed by atoms with Gasteiger partial charge in [-0.3, -0.25) is 0 Å². The first-order valence-electron chi connectivity index (χ1n) is 12.8. The van der Waals surface area contributed by atoms with Crippen LogP contribution >= 0.6 is 0 Å². The Morgan fingerprint density at radius 3 is 1.74 bits per heavy atom. The highest BCUT2D eigenvalue weighted by molar-refractivity contribution is 5.81. The average molecular weight is 443 g/mol. The summed E-state index contributed by atoms with van der Waals surface area (Å²) in [5.74, 6) is -1.17. The summed E-state index contributed by atoms with van der Waals surface area (Å²) in [5, 5.41) is 0. The number of ether oxygens (including phenoxy) is 4. The van der Waals surface area contributed by atoms with Gasteiger partial charge in [-0.05, 0) is 45.4 Å². The first-order valence-corrected chi connectivity index (χ1v) is 12.8. The van der Waals surface area contributed by atoms with Crippen LogP contribution in [0.3, 0.4) is 0 Å². The molecular weight excluding hydrogens is 392 g/mol. The molecule has 1 atom stereocenters.